The standard InChI is InChI=1S/C12H19BrN4/c1-8-3-5-9(6-4-8)16-12-11(14-2)15-7-10(13)17-12/h7-9H,3-6H2,1-2H3,(H,14,15)(H,16,17). The van der Waals surface area contributed by atoms with Crippen molar-refractivity contribution in [1.29, 1.82) is 0 Å². The van der Waals surface area contributed by atoms with Gasteiger partial charge in [0.1, 0.15) is 4.60 Å². The van der Waals surface area contributed by atoms with E-state index in [2.05, 4.69) is 43.5 Å². The van der Waals surface area contributed by atoms with Gasteiger partial charge in [0.15, 0.2) is 11.6 Å². The van der Waals surface area contributed by atoms with Crippen LogP contribution in [0.3, 0.4) is 0 Å². The van der Waals surface area contributed by atoms with E-state index < -0.39 is 0 Å². The maximum Gasteiger partial charge on any atom is 0.170 e. The van der Waals surface area contributed by atoms with E-state index in [1.165, 1.54) is 25.7 Å². The van der Waals surface area contributed by atoms with Gasteiger partial charge in [0, 0.05) is 13.1 Å². The summed E-state index contributed by atoms with van der Waals surface area (Å²) in [5.74, 6) is 2.53. The molecule has 0 amide bonds. The fraction of sp³-hybridized carbons (Fsp3) is 0.667. The predicted molar refractivity (Wildman–Crippen MR) is 74.3 cm³/mol. The highest BCUT2D eigenvalue weighted by Gasteiger charge is 2.19. The molecule has 1 heterocycles. The quantitative estimate of drug-likeness (QED) is 0.899. The van der Waals surface area contributed by atoms with Gasteiger partial charge in [-0.25, -0.2) is 9.97 Å². The zero-order valence-electron chi connectivity index (χ0n) is 10.3. The molecule has 4 nitrogen and oxygen atoms in total. The van der Waals surface area contributed by atoms with Crippen molar-refractivity contribution in [2.24, 2.45) is 5.92 Å². The molecular formula is C12H19BrN4. The molecule has 2 N–H and O–H groups in total. The average molecular weight is 299 g/mol. The lowest BCUT2D eigenvalue weighted by Crippen LogP contribution is -2.26. The Morgan fingerprint density at radius 2 is 1.94 bits per heavy atom. The SMILES string of the molecule is CNc1ncc(Br)nc1NC1CCC(C)CC1. The predicted octanol–water partition coefficient (Wildman–Crippen LogP) is 3.27. The molecule has 0 unspecified atom stereocenters. The van der Waals surface area contributed by atoms with Crippen LogP contribution in [0.25, 0.3) is 0 Å². The number of anilines is 2. The van der Waals surface area contributed by atoms with Gasteiger partial charge in [0.05, 0.1) is 6.20 Å². The highest BCUT2D eigenvalue weighted by molar-refractivity contribution is 9.10. The number of hydrogen-bond donors (Lipinski definition) is 2. The Balaban J connectivity index is 2.04. The van der Waals surface area contributed by atoms with Crippen molar-refractivity contribution < 1.29 is 0 Å². The van der Waals surface area contributed by atoms with E-state index in [4.69, 9.17) is 0 Å². The van der Waals surface area contributed by atoms with E-state index in [1.54, 1.807) is 6.20 Å². The van der Waals surface area contributed by atoms with Crippen molar-refractivity contribution in [3.05, 3.63) is 10.8 Å². The summed E-state index contributed by atoms with van der Waals surface area (Å²) >= 11 is 3.36. The summed E-state index contributed by atoms with van der Waals surface area (Å²) in [6, 6.07) is 0.530. The Bertz CT molecular complexity index is 375. The Morgan fingerprint density at radius 3 is 2.59 bits per heavy atom. The molecule has 1 aromatic heterocycles. The Hall–Kier alpha value is -0.840. The molecule has 17 heavy (non-hydrogen) atoms. The van der Waals surface area contributed by atoms with Gasteiger partial charge in [-0.3, -0.25) is 0 Å². The topological polar surface area (TPSA) is 49.8 Å². The summed E-state index contributed by atoms with van der Waals surface area (Å²) in [4.78, 5) is 8.73. The second-order valence-corrected chi connectivity index (χ2v) is 5.55. The van der Waals surface area contributed by atoms with Crippen LogP contribution in [0, 0.1) is 5.92 Å². The van der Waals surface area contributed by atoms with Crippen LogP contribution in [-0.2, 0) is 0 Å². The maximum atomic E-state index is 4.44. The molecule has 0 aliphatic heterocycles. The molecule has 0 spiro atoms. The molecule has 1 aliphatic rings. The zero-order valence-corrected chi connectivity index (χ0v) is 11.9. The molecule has 5 heteroatoms. The zero-order chi connectivity index (χ0) is 12.3. The van der Waals surface area contributed by atoms with E-state index in [0.717, 1.165) is 22.2 Å². The fourth-order valence-corrected chi connectivity index (χ4v) is 2.53. The lowest BCUT2D eigenvalue weighted by Gasteiger charge is -2.27. The van der Waals surface area contributed by atoms with Crippen LogP contribution in [0.15, 0.2) is 10.8 Å². The van der Waals surface area contributed by atoms with Gasteiger partial charge in [-0.1, -0.05) is 6.92 Å². The summed E-state index contributed by atoms with van der Waals surface area (Å²) in [6.45, 7) is 2.33. The average Bonchev–Trinajstić information content (AvgIpc) is 2.32. The van der Waals surface area contributed by atoms with Crippen LogP contribution < -0.4 is 10.6 Å². The summed E-state index contributed by atoms with van der Waals surface area (Å²) in [7, 11) is 1.87. The minimum absolute atomic E-state index is 0.530. The molecule has 0 radical (unpaired) electrons. The van der Waals surface area contributed by atoms with Crippen LogP contribution in [0.5, 0.6) is 0 Å². The van der Waals surface area contributed by atoms with Gasteiger partial charge < -0.3 is 10.6 Å². The molecule has 1 aromatic rings. The highest BCUT2D eigenvalue weighted by Crippen LogP contribution is 2.27. The minimum atomic E-state index is 0.530. The van der Waals surface area contributed by atoms with Gasteiger partial charge in [0.25, 0.3) is 0 Å². The van der Waals surface area contributed by atoms with Crippen molar-refractivity contribution in [1.82, 2.24) is 9.97 Å². The normalized spacial score (nSPS) is 24.4. The third kappa shape index (κ3) is 3.31. The molecule has 0 atom stereocenters. The number of aromatic nitrogens is 2. The first-order valence-corrected chi connectivity index (χ1v) is 6.95. The number of halogens is 1. The van der Waals surface area contributed by atoms with Crippen LogP contribution in [0.1, 0.15) is 32.6 Å². The first kappa shape index (κ1) is 12.6. The second kappa shape index (κ2) is 5.67. The molecule has 0 aromatic carbocycles. The van der Waals surface area contributed by atoms with Crippen LogP contribution >= 0.6 is 15.9 Å². The first-order valence-electron chi connectivity index (χ1n) is 6.16. The molecule has 1 aliphatic carbocycles. The summed E-state index contributed by atoms with van der Waals surface area (Å²) in [5.41, 5.74) is 0. The molecule has 0 bridgehead atoms. The Kier molecular flexibility index (Phi) is 4.20. The third-order valence-electron chi connectivity index (χ3n) is 3.34. The number of rotatable bonds is 3. The summed E-state index contributed by atoms with van der Waals surface area (Å²) in [6.07, 6.45) is 6.75. The Morgan fingerprint density at radius 1 is 1.24 bits per heavy atom. The molecular weight excluding hydrogens is 280 g/mol. The van der Waals surface area contributed by atoms with Crippen molar-refractivity contribution >= 4 is 27.6 Å². The van der Waals surface area contributed by atoms with Gasteiger partial charge >= 0.3 is 0 Å². The van der Waals surface area contributed by atoms with Crippen molar-refractivity contribution in [2.75, 3.05) is 17.7 Å². The summed E-state index contributed by atoms with van der Waals surface area (Å²) < 4.78 is 0.767. The van der Waals surface area contributed by atoms with Gasteiger partial charge in [-0.2, -0.15) is 0 Å². The van der Waals surface area contributed by atoms with E-state index >= 15 is 0 Å². The lowest BCUT2D eigenvalue weighted by atomic mass is 9.87. The molecule has 0 saturated heterocycles. The smallest absolute Gasteiger partial charge is 0.170 e. The van der Waals surface area contributed by atoms with E-state index in [1.807, 2.05) is 7.05 Å². The van der Waals surface area contributed by atoms with E-state index in [-0.39, 0.29) is 0 Å². The lowest BCUT2D eigenvalue weighted by molar-refractivity contribution is 0.361. The number of nitrogens with one attached hydrogen (secondary N) is 2. The monoisotopic (exact) mass is 298 g/mol. The number of hydrogen-bond acceptors (Lipinski definition) is 4. The molecule has 2 rings (SSSR count). The van der Waals surface area contributed by atoms with Crippen LogP contribution in [0.4, 0.5) is 11.6 Å². The van der Waals surface area contributed by atoms with Gasteiger partial charge in [-0.05, 0) is 47.5 Å². The fourth-order valence-electron chi connectivity index (χ4n) is 2.25. The largest absolute Gasteiger partial charge is 0.370 e. The third-order valence-corrected chi connectivity index (χ3v) is 3.72. The van der Waals surface area contributed by atoms with E-state index in [0.29, 0.717) is 6.04 Å². The van der Waals surface area contributed by atoms with Crippen LogP contribution in [0.2, 0.25) is 0 Å². The van der Waals surface area contributed by atoms with Crippen molar-refractivity contribution in [3.8, 4) is 0 Å². The van der Waals surface area contributed by atoms with Gasteiger partial charge in [-0.15, -0.1) is 0 Å². The minimum Gasteiger partial charge on any atom is -0.370 e. The highest BCUT2D eigenvalue weighted by atomic mass is 79.9. The van der Waals surface area contributed by atoms with E-state index in [9.17, 15) is 0 Å². The van der Waals surface area contributed by atoms with Gasteiger partial charge in [0.2, 0.25) is 0 Å². The molecule has 1 saturated carbocycles. The molecule has 1 fully saturated rings. The second-order valence-electron chi connectivity index (χ2n) is 4.74. The number of nitrogens with zero attached hydrogens (tertiary/aromatic N) is 2. The molecule has 94 valence electrons. The first-order chi connectivity index (χ1) is 8.19. The maximum absolute atomic E-state index is 4.44. The summed E-state index contributed by atoms with van der Waals surface area (Å²) in [5, 5.41) is 6.56. The van der Waals surface area contributed by atoms with Crippen molar-refractivity contribution in [3.63, 3.8) is 0 Å². The van der Waals surface area contributed by atoms with Crippen molar-refractivity contribution in [2.45, 2.75) is 38.6 Å². The Labute approximate surface area is 111 Å². The van der Waals surface area contributed by atoms with Crippen LogP contribution in [-0.4, -0.2) is 23.1 Å².